The molecule has 2 aromatic carbocycles. The van der Waals surface area contributed by atoms with Crippen LogP contribution in [-0.4, -0.2) is 27.2 Å². The summed E-state index contributed by atoms with van der Waals surface area (Å²) >= 11 is 0. The van der Waals surface area contributed by atoms with Gasteiger partial charge in [-0.2, -0.15) is 5.10 Å². The Labute approximate surface area is 218 Å². The summed E-state index contributed by atoms with van der Waals surface area (Å²) in [5, 5.41) is 22.5. The Bertz CT molecular complexity index is 1240. The zero-order valence-electron chi connectivity index (χ0n) is 22.7. The van der Waals surface area contributed by atoms with Crippen LogP contribution >= 0.6 is 0 Å². The van der Waals surface area contributed by atoms with Crippen molar-refractivity contribution >= 4 is 23.4 Å². The maximum absolute atomic E-state index is 11.9. The van der Waals surface area contributed by atoms with Crippen LogP contribution in [-0.2, 0) is 20.4 Å². The van der Waals surface area contributed by atoms with Crippen molar-refractivity contribution in [3.8, 4) is 11.5 Å². The van der Waals surface area contributed by atoms with E-state index in [0.29, 0.717) is 28.6 Å². The SMILES string of the molecule is CC(=O)Oc1ccc(C(O)c2ccc(Nc3cc(C(C)(C)C)c(OC(C)=O)c(C(C)(C)C)c3)nn2)cc1. The molecule has 3 aromatic rings. The fraction of sp³-hybridized carbons (Fsp3) is 0.379. The van der Waals surface area contributed by atoms with E-state index in [2.05, 4.69) is 57.1 Å². The number of hydrogen-bond acceptors (Lipinski definition) is 8. The Morgan fingerprint density at radius 1 is 0.811 bits per heavy atom. The van der Waals surface area contributed by atoms with E-state index in [1.807, 2.05) is 12.1 Å². The smallest absolute Gasteiger partial charge is 0.308 e. The molecule has 0 bridgehead atoms. The second-order valence-corrected chi connectivity index (χ2v) is 11.0. The van der Waals surface area contributed by atoms with Crippen LogP contribution in [0.1, 0.15) is 83.9 Å². The number of esters is 2. The van der Waals surface area contributed by atoms with Crippen molar-refractivity contribution in [1.82, 2.24) is 10.2 Å². The number of aliphatic hydroxyl groups is 1. The lowest BCUT2D eigenvalue weighted by Gasteiger charge is -2.30. The third kappa shape index (κ3) is 7.13. The molecule has 2 N–H and O–H groups in total. The van der Waals surface area contributed by atoms with E-state index in [-0.39, 0.29) is 16.8 Å². The molecule has 1 heterocycles. The molecule has 8 heteroatoms. The summed E-state index contributed by atoms with van der Waals surface area (Å²) < 4.78 is 10.7. The predicted octanol–water partition coefficient (Wildman–Crippen LogP) is 5.75. The van der Waals surface area contributed by atoms with E-state index in [0.717, 1.165) is 16.8 Å². The first-order valence-corrected chi connectivity index (χ1v) is 12.1. The average molecular weight is 506 g/mol. The van der Waals surface area contributed by atoms with Crippen LogP contribution in [0.2, 0.25) is 0 Å². The molecule has 0 radical (unpaired) electrons. The van der Waals surface area contributed by atoms with Gasteiger partial charge in [0.1, 0.15) is 17.6 Å². The van der Waals surface area contributed by atoms with Gasteiger partial charge in [-0.25, -0.2) is 0 Å². The molecule has 1 aromatic heterocycles. The molecule has 0 saturated carbocycles. The Morgan fingerprint density at radius 2 is 1.35 bits per heavy atom. The second kappa shape index (κ2) is 10.7. The molecular weight excluding hydrogens is 470 g/mol. The Hall–Kier alpha value is -3.78. The zero-order chi connectivity index (χ0) is 27.5. The minimum atomic E-state index is -0.990. The summed E-state index contributed by atoms with van der Waals surface area (Å²) in [4.78, 5) is 23.0. The van der Waals surface area contributed by atoms with Gasteiger partial charge < -0.3 is 19.9 Å². The van der Waals surface area contributed by atoms with Gasteiger partial charge in [-0.1, -0.05) is 53.7 Å². The third-order valence-electron chi connectivity index (χ3n) is 5.65. The quantitative estimate of drug-likeness (QED) is 0.322. The van der Waals surface area contributed by atoms with E-state index in [4.69, 9.17) is 9.47 Å². The lowest BCUT2D eigenvalue weighted by molar-refractivity contribution is -0.132. The number of nitrogens with zero attached hydrogens (tertiary/aromatic N) is 2. The molecule has 0 amide bonds. The molecule has 0 aliphatic carbocycles. The van der Waals surface area contributed by atoms with Crippen molar-refractivity contribution in [1.29, 1.82) is 0 Å². The summed E-state index contributed by atoms with van der Waals surface area (Å²) in [7, 11) is 0. The zero-order valence-corrected chi connectivity index (χ0v) is 22.7. The van der Waals surface area contributed by atoms with Crippen LogP contribution in [0.25, 0.3) is 0 Å². The van der Waals surface area contributed by atoms with Crippen molar-refractivity contribution in [2.45, 2.75) is 72.3 Å². The number of rotatable bonds is 6. The van der Waals surface area contributed by atoms with E-state index in [1.165, 1.54) is 13.8 Å². The number of carbonyl (C=O) groups is 2. The molecule has 0 fully saturated rings. The molecule has 0 aliphatic heterocycles. The van der Waals surface area contributed by atoms with E-state index < -0.39 is 12.1 Å². The minimum absolute atomic E-state index is 0.285. The Kier molecular flexibility index (Phi) is 8.03. The van der Waals surface area contributed by atoms with Crippen molar-refractivity contribution in [2.24, 2.45) is 0 Å². The van der Waals surface area contributed by atoms with Gasteiger partial charge >= 0.3 is 11.9 Å². The fourth-order valence-corrected chi connectivity index (χ4v) is 3.83. The minimum Gasteiger partial charge on any atom is -0.427 e. The first-order valence-electron chi connectivity index (χ1n) is 12.1. The van der Waals surface area contributed by atoms with E-state index >= 15 is 0 Å². The third-order valence-corrected chi connectivity index (χ3v) is 5.65. The number of nitrogens with one attached hydrogen (secondary N) is 1. The maximum Gasteiger partial charge on any atom is 0.308 e. The molecule has 196 valence electrons. The lowest BCUT2D eigenvalue weighted by Crippen LogP contribution is -2.21. The van der Waals surface area contributed by atoms with Gasteiger partial charge in [0.2, 0.25) is 0 Å². The first kappa shape index (κ1) is 27.8. The van der Waals surface area contributed by atoms with Gasteiger partial charge in [0.05, 0.1) is 5.69 Å². The largest absolute Gasteiger partial charge is 0.427 e. The van der Waals surface area contributed by atoms with Crippen LogP contribution in [0.4, 0.5) is 11.5 Å². The van der Waals surface area contributed by atoms with Crippen LogP contribution in [0.15, 0.2) is 48.5 Å². The number of aromatic nitrogens is 2. The van der Waals surface area contributed by atoms with Crippen LogP contribution < -0.4 is 14.8 Å². The average Bonchev–Trinajstić information content (AvgIpc) is 2.78. The second-order valence-electron chi connectivity index (χ2n) is 11.0. The van der Waals surface area contributed by atoms with E-state index in [9.17, 15) is 14.7 Å². The predicted molar refractivity (Wildman–Crippen MR) is 142 cm³/mol. The highest BCUT2D eigenvalue weighted by molar-refractivity contribution is 5.73. The van der Waals surface area contributed by atoms with Gasteiger partial charge in [-0.05, 0) is 52.8 Å². The highest BCUT2D eigenvalue weighted by Crippen LogP contribution is 2.42. The highest BCUT2D eigenvalue weighted by atomic mass is 16.5. The molecular formula is C29H35N3O5. The summed E-state index contributed by atoms with van der Waals surface area (Å²) in [6, 6.07) is 13.9. The fourth-order valence-electron chi connectivity index (χ4n) is 3.83. The molecule has 1 unspecified atom stereocenters. The maximum atomic E-state index is 11.9. The number of carbonyl (C=O) groups excluding carboxylic acids is 2. The molecule has 0 aliphatic rings. The monoisotopic (exact) mass is 505 g/mol. The van der Waals surface area contributed by atoms with E-state index in [1.54, 1.807) is 36.4 Å². The van der Waals surface area contributed by atoms with Crippen molar-refractivity contribution in [3.63, 3.8) is 0 Å². The summed E-state index contributed by atoms with van der Waals surface area (Å²) in [5.41, 5.74) is 2.98. The standard InChI is InChI=1S/C29H35N3O5/c1-17(33)36-21-11-9-19(10-12-21)26(35)24-13-14-25(32-31-24)30-20-15-22(28(3,4)5)27(37-18(2)34)23(16-20)29(6,7)8/h9-16,26,35H,1-8H3,(H,30,32). The summed E-state index contributed by atoms with van der Waals surface area (Å²) in [6.45, 7) is 15.2. The summed E-state index contributed by atoms with van der Waals surface area (Å²) in [6.07, 6.45) is -0.990. The molecule has 0 spiro atoms. The van der Waals surface area contributed by atoms with Crippen LogP contribution in [0.5, 0.6) is 11.5 Å². The topological polar surface area (TPSA) is 111 Å². The number of ether oxygens (including phenoxy) is 2. The van der Waals surface area contributed by atoms with Crippen LogP contribution in [0, 0.1) is 0 Å². The van der Waals surface area contributed by atoms with Gasteiger partial charge in [0.25, 0.3) is 0 Å². The lowest BCUT2D eigenvalue weighted by atomic mass is 9.79. The number of hydrogen-bond donors (Lipinski definition) is 2. The van der Waals surface area contributed by atoms with Gasteiger partial charge in [-0.15, -0.1) is 5.10 Å². The van der Waals surface area contributed by atoms with Crippen molar-refractivity contribution < 1.29 is 24.2 Å². The Balaban J connectivity index is 1.89. The molecule has 8 nitrogen and oxygen atoms in total. The number of aliphatic hydroxyl groups excluding tert-OH is 1. The molecule has 3 rings (SSSR count). The van der Waals surface area contributed by atoms with Crippen LogP contribution in [0.3, 0.4) is 0 Å². The Morgan fingerprint density at radius 3 is 1.78 bits per heavy atom. The molecule has 1 atom stereocenters. The number of benzene rings is 2. The van der Waals surface area contributed by atoms with Crippen molar-refractivity contribution in [3.05, 3.63) is 70.9 Å². The first-order chi connectivity index (χ1) is 17.1. The van der Waals surface area contributed by atoms with Gasteiger partial charge in [-0.3, -0.25) is 9.59 Å². The molecule has 0 saturated heterocycles. The summed E-state index contributed by atoms with van der Waals surface area (Å²) in [5.74, 6) is 0.715. The number of anilines is 2. The normalized spacial score (nSPS) is 12.6. The van der Waals surface area contributed by atoms with Gasteiger partial charge in [0, 0.05) is 30.7 Å². The highest BCUT2D eigenvalue weighted by Gasteiger charge is 2.29. The molecule has 37 heavy (non-hydrogen) atoms. The van der Waals surface area contributed by atoms with Crippen molar-refractivity contribution in [2.75, 3.05) is 5.32 Å². The van der Waals surface area contributed by atoms with Gasteiger partial charge in [0.15, 0.2) is 5.82 Å².